The molecule has 2 N–H and O–H groups in total. The Kier molecular flexibility index (Phi) is 4.02. The highest BCUT2D eigenvalue weighted by Crippen LogP contribution is 2.46. The molecule has 1 aliphatic rings. The number of fused-ring (bicyclic) bond motifs is 1. The lowest BCUT2D eigenvalue weighted by Gasteiger charge is -2.41. The number of carbonyl (C=O) groups excluding carboxylic acids is 1. The van der Waals surface area contributed by atoms with Gasteiger partial charge in [-0.1, -0.05) is 0 Å². The largest absolute Gasteiger partial charge is 0.493 e. The van der Waals surface area contributed by atoms with Gasteiger partial charge in [-0.15, -0.1) is 0 Å². The first-order valence-corrected chi connectivity index (χ1v) is 6.80. The van der Waals surface area contributed by atoms with Crippen LogP contribution in [0.25, 0.3) is 0 Å². The van der Waals surface area contributed by atoms with Gasteiger partial charge in [-0.05, 0) is 38.5 Å². The highest BCUT2D eigenvalue weighted by atomic mass is 16.5. The van der Waals surface area contributed by atoms with Gasteiger partial charge >= 0.3 is 5.97 Å². The van der Waals surface area contributed by atoms with Crippen molar-refractivity contribution in [3.63, 3.8) is 0 Å². The van der Waals surface area contributed by atoms with E-state index in [9.17, 15) is 19.8 Å². The van der Waals surface area contributed by atoms with Crippen molar-refractivity contribution < 1.29 is 29.3 Å². The van der Waals surface area contributed by atoms with Crippen LogP contribution in [0.2, 0.25) is 0 Å². The fraction of sp³-hybridized carbons (Fsp3) is 0.467. The Labute approximate surface area is 128 Å². The summed E-state index contributed by atoms with van der Waals surface area (Å²) >= 11 is 0. The topological polar surface area (TPSA) is 96.3 Å². The first kappa shape index (κ1) is 16.1. The molecule has 1 unspecified atom stereocenters. The fourth-order valence-corrected chi connectivity index (χ4v) is 2.36. The Balaban J connectivity index is 2.71. The van der Waals surface area contributed by atoms with Gasteiger partial charge in [0.05, 0.1) is 19.4 Å². The van der Waals surface area contributed by atoms with E-state index in [0.29, 0.717) is 11.3 Å². The maximum absolute atomic E-state index is 12.6. The van der Waals surface area contributed by atoms with Crippen LogP contribution in [0.5, 0.6) is 11.5 Å². The molecule has 1 heterocycles. The number of methoxy groups -OCH3 is 1. The van der Waals surface area contributed by atoms with Gasteiger partial charge in [0, 0.05) is 0 Å². The lowest BCUT2D eigenvalue weighted by Crippen LogP contribution is -2.57. The van der Waals surface area contributed by atoms with E-state index >= 15 is 0 Å². The molecule has 0 radical (unpaired) electrons. The average molecular weight is 309 g/mol. The first-order valence-electron chi connectivity index (χ1n) is 6.80. The Morgan fingerprint density at radius 2 is 2.09 bits per heavy atom. The van der Waals surface area contributed by atoms with Crippen molar-refractivity contribution in [3.05, 3.63) is 17.7 Å². The van der Waals surface area contributed by atoms with E-state index in [-0.39, 0.29) is 18.0 Å². The number of benzene rings is 1. The molecule has 1 aromatic rings. The van der Waals surface area contributed by atoms with E-state index in [1.807, 2.05) is 0 Å². The second-order valence-corrected chi connectivity index (χ2v) is 5.61. The number of hydrogen-bond acceptors (Lipinski definition) is 5. The van der Waals surface area contributed by atoms with Crippen LogP contribution in [-0.2, 0) is 16.2 Å². The molecule has 1 aliphatic heterocycles. The van der Waals surface area contributed by atoms with Crippen molar-refractivity contribution in [3.8, 4) is 11.5 Å². The van der Waals surface area contributed by atoms with E-state index in [2.05, 4.69) is 0 Å². The number of carbonyl (C=O) groups is 2. The summed E-state index contributed by atoms with van der Waals surface area (Å²) in [6.07, 6.45) is 0. The molecule has 0 bridgehead atoms. The summed E-state index contributed by atoms with van der Waals surface area (Å²) in [5.74, 6) is -0.973. The Morgan fingerprint density at radius 3 is 2.59 bits per heavy atom. The zero-order valence-corrected chi connectivity index (χ0v) is 12.9. The third-order valence-electron chi connectivity index (χ3n) is 3.59. The molecule has 1 aromatic carbocycles. The molecular formula is C15H19NO6. The molecule has 1 amide bonds. The van der Waals surface area contributed by atoms with Crippen LogP contribution in [0.1, 0.15) is 26.3 Å². The molecule has 0 saturated heterocycles. The Morgan fingerprint density at radius 1 is 1.45 bits per heavy atom. The standard InChI is InChI=1S/C15H19NO6/c1-8(13(18)19)16-10-5-9(7-17)6-11(21-4)12(10)22-15(2,3)14(16)20/h5-6,8,17H,7H2,1-4H3,(H,18,19). The van der Waals surface area contributed by atoms with Crippen LogP contribution >= 0.6 is 0 Å². The second-order valence-electron chi connectivity index (χ2n) is 5.61. The highest BCUT2D eigenvalue weighted by Gasteiger charge is 2.45. The predicted molar refractivity (Wildman–Crippen MR) is 78.2 cm³/mol. The average Bonchev–Trinajstić information content (AvgIpc) is 2.46. The minimum atomic E-state index is -1.22. The molecule has 0 aromatic heterocycles. The van der Waals surface area contributed by atoms with Gasteiger partial charge in [-0.25, -0.2) is 4.79 Å². The Bertz CT molecular complexity index is 625. The third kappa shape index (κ3) is 2.48. The lowest BCUT2D eigenvalue weighted by atomic mass is 10.0. The molecule has 7 heteroatoms. The van der Waals surface area contributed by atoms with E-state index in [4.69, 9.17) is 9.47 Å². The number of carboxylic acid groups (broad SMARTS) is 1. The molecule has 1 atom stereocenters. The Hall–Kier alpha value is -2.28. The zero-order chi connectivity index (χ0) is 16.7. The number of aliphatic hydroxyl groups excluding tert-OH is 1. The number of anilines is 1. The van der Waals surface area contributed by atoms with Crippen molar-refractivity contribution >= 4 is 17.6 Å². The number of amides is 1. The van der Waals surface area contributed by atoms with E-state index in [0.717, 1.165) is 0 Å². The van der Waals surface area contributed by atoms with E-state index < -0.39 is 23.5 Å². The minimum Gasteiger partial charge on any atom is -0.493 e. The monoisotopic (exact) mass is 309 g/mol. The van der Waals surface area contributed by atoms with Gasteiger partial charge < -0.3 is 19.7 Å². The molecule has 7 nitrogen and oxygen atoms in total. The summed E-state index contributed by atoms with van der Waals surface area (Å²) in [5.41, 5.74) is -0.443. The SMILES string of the molecule is COc1cc(CO)cc2c1OC(C)(C)C(=O)N2C(C)C(=O)O. The van der Waals surface area contributed by atoms with Crippen LogP contribution in [0.15, 0.2) is 12.1 Å². The van der Waals surface area contributed by atoms with Crippen LogP contribution in [0, 0.1) is 0 Å². The van der Waals surface area contributed by atoms with Crippen molar-refractivity contribution in [2.24, 2.45) is 0 Å². The number of aliphatic hydroxyl groups is 1. The molecule has 0 fully saturated rings. The number of nitrogens with zero attached hydrogens (tertiary/aromatic N) is 1. The predicted octanol–water partition coefficient (Wildman–Crippen LogP) is 1.16. The fourth-order valence-electron chi connectivity index (χ4n) is 2.36. The molecule has 0 spiro atoms. The molecule has 120 valence electrons. The first-order chi connectivity index (χ1) is 10.2. The van der Waals surface area contributed by atoms with Crippen LogP contribution in [0.3, 0.4) is 0 Å². The quantitative estimate of drug-likeness (QED) is 0.866. The number of rotatable bonds is 4. The number of aliphatic carboxylic acids is 1. The summed E-state index contributed by atoms with van der Waals surface area (Å²) < 4.78 is 11.0. The summed E-state index contributed by atoms with van der Waals surface area (Å²) in [5, 5.41) is 18.6. The summed E-state index contributed by atoms with van der Waals surface area (Å²) in [7, 11) is 1.44. The van der Waals surface area contributed by atoms with Gasteiger partial charge in [0.2, 0.25) is 0 Å². The van der Waals surface area contributed by atoms with Crippen LogP contribution in [-0.4, -0.2) is 40.8 Å². The van der Waals surface area contributed by atoms with E-state index in [1.54, 1.807) is 19.9 Å². The van der Waals surface area contributed by atoms with Crippen molar-refractivity contribution in [2.75, 3.05) is 12.0 Å². The lowest BCUT2D eigenvalue weighted by molar-refractivity contribution is -0.142. The van der Waals surface area contributed by atoms with Gasteiger partial charge in [0.1, 0.15) is 6.04 Å². The smallest absolute Gasteiger partial charge is 0.326 e. The molecule has 0 saturated carbocycles. The summed E-state index contributed by atoms with van der Waals surface area (Å²) in [4.78, 5) is 25.1. The van der Waals surface area contributed by atoms with Gasteiger partial charge in [-0.3, -0.25) is 9.69 Å². The highest BCUT2D eigenvalue weighted by molar-refractivity contribution is 6.06. The van der Waals surface area contributed by atoms with Crippen molar-refractivity contribution in [2.45, 2.75) is 39.0 Å². The van der Waals surface area contributed by atoms with Gasteiger partial charge in [-0.2, -0.15) is 0 Å². The van der Waals surface area contributed by atoms with Crippen molar-refractivity contribution in [1.29, 1.82) is 0 Å². The van der Waals surface area contributed by atoms with Crippen molar-refractivity contribution in [1.82, 2.24) is 0 Å². The number of carboxylic acids is 1. The van der Waals surface area contributed by atoms with E-state index in [1.165, 1.54) is 25.0 Å². The van der Waals surface area contributed by atoms with Gasteiger partial charge in [0.25, 0.3) is 5.91 Å². The summed E-state index contributed by atoms with van der Waals surface area (Å²) in [6.45, 7) is 4.29. The van der Waals surface area contributed by atoms with Crippen LogP contribution in [0.4, 0.5) is 5.69 Å². The third-order valence-corrected chi connectivity index (χ3v) is 3.59. The van der Waals surface area contributed by atoms with Crippen LogP contribution < -0.4 is 14.4 Å². The maximum atomic E-state index is 12.6. The minimum absolute atomic E-state index is 0.267. The normalized spacial score (nSPS) is 17.5. The second kappa shape index (κ2) is 5.49. The molecule has 0 aliphatic carbocycles. The maximum Gasteiger partial charge on any atom is 0.326 e. The summed E-state index contributed by atoms with van der Waals surface area (Å²) in [6, 6.07) is 2.05. The molecule has 2 rings (SSSR count). The zero-order valence-electron chi connectivity index (χ0n) is 12.9. The number of ether oxygens (including phenoxy) is 2. The molecule has 22 heavy (non-hydrogen) atoms. The van der Waals surface area contributed by atoms with Gasteiger partial charge in [0.15, 0.2) is 17.1 Å². The number of hydrogen-bond donors (Lipinski definition) is 2. The molecular weight excluding hydrogens is 290 g/mol.